The molecule has 0 fully saturated rings. The SMILES string of the molecule is CCC=C(NC(CC)c1ccsc1)c1cncc2c1cnn2-c1ccc(F)cc1. The molecule has 1 atom stereocenters. The first-order chi connectivity index (χ1) is 14.2. The maximum absolute atomic E-state index is 13.3. The minimum atomic E-state index is -0.263. The molecular formula is C23H23FN4S. The molecule has 29 heavy (non-hydrogen) atoms. The van der Waals surface area contributed by atoms with E-state index in [1.165, 1.54) is 17.7 Å². The Balaban J connectivity index is 1.75. The van der Waals surface area contributed by atoms with Gasteiger partial charge >= 0.3 is 0 Å². The van der Waals surface area contributed by atoms with E-state index in [0.717, 1.165) is 40.7 Å². The molecule has 1 unspecified atom stereocenters. The minimum Gasteiger partial charge on any atom is -0.378 e. The lowest BCUT2D eigenvalue weighted by Gasteiger charge is -2.20. The molecule has 4 aromatic rings. The number of benzene rings is 1. The van der Waals surface area contributed by atoms with Crippen molar-refractivity contribution in [3.05, 3.63) is 82.7 Å². The Morgan fingerprint density at radius 3 is 2.69 bits per heavy atom. The van der Waals surface area contributed by atoms with Crippen LogP contribution in [0.5, 0.6) is 0 Å². The van der Waals surface area contributed by atoms with Gasteiger partial charge in [0.15, 0.2) is 0 Å². The molecule has 3 aromatic heterocycles. The van der Waals surface area contributed by atoms with Gasteiger partial charge in [-0.05, 0) is 59.5 Å². The van der Waals surface area contributed by atoms with Gasteiger partial charge in [0.2, 0.25) is 0 Å². The Morgan fingerprint density at radius 2 is 2.00 bits per heavy atom. The summed E-state index contributed by atoms with van der Waals surface area (Å²) in [7, 11) is 0. The predicted octanol–water partition coefficient (Wildman–Crippen LogP) is 6.11. The number of halogens is 1. The highest BCUT2D eigenvalue weighted by atomic mass is 32.1. The number of allylic oxidation sites excluding steroid dienone is 1. The minimum absolute atomic E-state index is 0.237. The van der Waals surface area contributed by atoms with E-state index in [1.54, 1.807) is 34.3 Å². The van der Waals surface area contributed by atoms with Crippen LogP contribution in [0.3, 0.4) is 0 Å². The molecule has 6 heteroatoms. The van der Waals surface area contributed by atoms with E-state index in [2.05, 4.69) is 52.1 Å². The van der Waals surface area contributed by atoms with Gasteiger partial charge < -0.3 is 5.32 Å². The van der Waals surface area contributed by atoms with Crippen molar-refractivity contribution in [1.82, 2.24) is 20.1 Å². The van der Waals surface area contributed by atoms with Crippen LogP contribution in [0.4, 0.5) is 4.39 Å². The lowest BCUT2D eigenvalue weighted by Crippen LogP contribution is -2.19. The molecule has 0 spiro atoms. The number of thiophene rings is 1. The maximum atomic E-state index is 13.3. The zero-order chi connectivity index (χ0) is 20.2. The summed E-state index contributed by atoms with van der Waals surface area (Å²) in [5, 5.41) is 13.6. The average molecular weight is 407 g/mol. The number of aromatic nitrogens is 3. The van der Waals surface area contributed by atoms with Crippen molar-refractivity contribution in [3.8, 4) is 5.69 Å². The van der Waals surface area contributed by atoms with Crippen LogP contribution in [-0.2, 0) is 0 Å². The van der Waals surface area contributed by atoms with Gasteiger partial charge in [-0.2, -0.15) is 16.4 Å². The summed E-state index contributed by atoms with van der Waals surface area (Å²) in [4.78, 5) is 4.47. The second-order valence-corrected chi connectivity index (χ2v) is 7.62. The van der Waals surface area contributed by atoms with Gasteiger partial charge in [-0.15, -0.1) is 0 Å². The zero-order valence-corrected chi connectivity index (χ0v) is 17.3. The van der Waals surface area contributed by atoms with Crippen LogP contribution in [0.1, 0.15) is 43.9 Å². The maximum Gasteiger partial charge on any atom is 0.123 e. The second-order valence-electron chi connectivity index (χ2n) is 6.84. The predicted molar refractivity (Wildman–Crippen MR) is 118 cm³/mol. The Labute approximate surface area is 173 Å². The van der Waals surface area contributed by atoms with Gasteiger partial charge in [0.1, 0.15) is 5.82 Å². The number of pyridine rings is 1. The van der Waals surface area contributed by atoms with Crippen LogP contribution < -0.4 is 5.32 Å². The van der Waals surface area contributed by atoms with Crippen molar-refractivity contribution in [2.75, 3.05) is 0 Å². The third-order valence-electron chi connectivity index (χ3n) is 4.95. The fraction of sp³-hybridized carbons (Fsp3) is 0.217. The standard InChI is InChI=1S/C23H23FN4S/c1-3-5-22(27-21(4-2)16-10-11-29-15-16)19-12-25-14-23-20(19)13-26-28(23)18-8-6-17(24)7-9-18/h5-15,21,27H,3-4H2,1-2H3. The number of nitrogens with zero attached hydrogens (tertiary/aromatic N) is 3. The Kier molecular flexibility index (Phi) is 5.71. The highest BCUT2D eigenvalue weighted by molar-refractivity contribution is 7.08. The van der Waals surface area contributed by atoms with Gasteiger partial charge in [-0.1, -0.05) is 19.9 Å². The monoisotopic (exact) mass is 406 g/mol. The smallest absolute Gasteiger partial charge is 0.123 e. The molecule has 4 rings (SSSR count). The van der Waals surface area contributed by atoms with Crippen molar-refractivity contribution in [3.63, 3.8) is 0 Å². The summed E-state index contributed by atoms with van der Waals surface area (Å²) >= 11 is 1.71. The fourth-order valence-electron chi connectivity index (χ4n) is 3.48. The van der Waals surface area contributed by atoms with E-state index in [0.29, 0.717) is 0 Å². The normalized spacial score (nSPS) is 13.0. The van der Waals surface area contributed by atoms with E-state index in [9.17, 15) is 4.39 Å². The molecule has 1 aromatic carbocycles. The Hall–Kier alpha value is -2.99. The fourth-order valence-corrected chi connectivity index (χ4v) is 4.19. The third-order valence-corrected chi connectivity index (χ3v) is 5.65. The first-order valence-electron chi connectivity index (χ1n) is 9.78. The van der Waals surface area contributed by atoms with Crippen molar-refractivity contribution < 1.29 is 4.39 Å². The molecule has 1 N–H and O–H groups in total. The van der Waals surface area contributed by atoms with Crippen molar-refractivity contribution in [1.29, 1.82) is 0 Å². The highest BCUT2D eigenvalue weighted by Crippen LogP contribution is 2.28. The van der Waals surface area contributed by atoms with Gasteiger partial charge in [-0.3, -0.25) is 4.98 Å². The second kappa shape index (κ2) is 8.57. The lowest BCUT2D eigenvalue weighted by atomic mass is 10.0. The number of hydrogen-bond donors (Lipinski definition) is 1. The van der Waals surface area contributed by atoms with Crippen LogP contribution >= 0.6 is 11.3 Å². The third kappa shape index (κ3) is 3.93. The van der Waals surface area contributed by atoms with Crippen molar-refractivity contribution >= 4 is 27.9 Å². The summed E-state index contributed by atoms with van der Waals surface area (Å²) in [5.74, 6) is -0.263. The zero-order valence-electron chi connectivity index (χ0n) is 16.5. The van der Waals surface area contributed by atoms with Gasteiger partial charge in [0.05, 0.1) is 29.6 Å². The molecule has 3 heterocycles. The summed E-state index contributed by atoms with van der Waals surface area (Å²) in [6, 6.07) is 8.73. The molecule has 0 amide bonds. The van der Waals surface area contributed by atoms with Crippen LogP contribution in [0.2, 0.25) is 0 Å². The number of nitrogens with one attached hydrogen (secondary N) is 1. The van der Waals surface area contributed by atoms with Gasteiger partial charge in [0, 0.05) is 22.8 Å². The Bertz CT molecular complexity index is 1110. The molecular weight excluding hydrogens is 383 g/mol. The van der Waals surface area contributed by atoms with Crippen LogP contribution in [-0.4, -0.2) is 14.8 Å². The van der Waals surface area contributed by atoms with Gasteiger partial charge in [0.25, 0.3) is 0 Å². The first kappa shape index (κ1) is 19.3. The summed E-state index contributed by atoms with van der Waals surface area (Å²) in [6.07, 6.45) is 9.62. The highest BCUT2D eigenvalue weighted by Gasteiger charge is 2.16. The number of rotatable bonds is 7. The largest absolute Gasteiger partial charge is 0.378 e. The van der Waals surface area contributed by atoms with E-state index in [1.807, 2.05) is 12.4 Å². The number of hydrogen-bond acceptors (Lipinski definition) is 4. The van der Waals surface area contributed by atoms with Crippen molar-refractivity contribution in [2.24, 2.45) is 0 Å². The number of fused-ring (bicyclic) bond motifs is 1. The molecule has 148 valence electrons. The summed E-state index contributed by atoms with van der Waals surface area (Å²) in [5.41, 5.74) is 5.07. The molecule has 0 aliphatic carbocycles. The van der Waals surface area contributed by atoms with Gasteiger partial charge in [-0.25, -0.2) is 9.07 Å². The molecule has 4 nitrogen and oxygen atoms in total. The lowest BCUT2D eigenvalue weighted by molar-refractivity contribution is 0.615. The molecule has 0 aliphatic heterocycles. The Morgan fingerprint density at radius 1 is 1.17 bits per heavy atom. The van der Waals surface area contributed by atoms with E-state index in [-0.39, 0.29) is 11.9 Å². The van der Waals surface area contributed by atoms with Crippen LogP contribution in [0.15, 0.2) is 65.8 Å². The molecule has 0 aliphatic rings. The van der Waals surface area contributed by atoms with E-state index < -0.39 is 0 Å². The molecule has 0 radical (unpaired) electrons. The van der Waals surface area contributed by atoms with Crippen molar-refractivity contribution in [2.45, 2.75) is 32.7 Å². The van der Waals surface area contributed by atoms with Crippen LogP contribution in [0.25, 0.3) is 22.3 Å². The van der Waals surface area contributed by atoms with E-state index >= 15 is 0 Å². The molecule has 0 saturated heterocycles. The molecule has 0 bridgehead atoms. The molecule has 0 saturated carbocycles. The van der Waals surface area contributed by atoms with E-state index in [4.69, 9.17) is 0 Å². The topological polar surface area (TPSA) is 42.7 Å². The average Bonchev–Trinajstić information content (AvgIpc) is 3.42. The summed E-state index contributed by atoms with van der Waals surface area (Å²) in [6.45, 7) is 4.31. The quantitative estimate of drug-likeness (QED) is 0.402. The first-order valence-corrected chi connectivity index (χ1v) is 10.7. The van der Waals surface area contributed by atoms with Crippen LogP contribution in [0, 0.1) is 5.82 Å². The summed E-state index contributed by atoms with van der Waals surface area (Å²) < 4.78 is 15.1.